The molecule has 6 nitrogen and oxygen atoms in total. The fourth-order valence-corrected chi connectivity index (χ4v) is 1.84. The summed E-state index contributed by atoms with van der Waals surface area (Å²) >= 11 is 1.42. The van der Waals surface area contributed by atoms with Crippen LogP contribution in [0, 0.1) is 0 Å². The van der Waals surface area contributed by atoms with Crippen LogP contribution in [0.5, 0.6) is 0 Å². The summed E-state index contributed by atoms with van der Waals surface area (Å²) in [6.07, 6.45) is 0. The van der Waals surface area contributed by atoms with Crippen LogP contribution in [0.4, 0.5) is 0 Å². The van der Waals surface area contributed by atoms with E-state index in [1.54, 1.807) is 7.11 Å². The van der Waals surface area contributed by atoms with Crippen LogP contribution >= 0.6 is 11.8 Å². The number of amides is 1. The van der Waals surface area contributed by atoms with Gasteiger partial charge in [0.05, 0.1) is 19.0 Å². The zero-order valence-electron chi connectivity index (χ0n) is 10.2. The molecule has 0 rings (SSSR count). The lowest BCUT2D eigenvalue weighted by Gasteiger charge is -2.19. The molecule has 0 aromatic heterocycles. The molecule has 0 atom stereocenters. The minimum absolute atomic E-state index is 0.189. The van der Waals surface area contributed by atoms with E-state index in [1.807, 2.05) is 0 Å². The predicted octanol–water partition coefficient (Wildman–Crippen LogP) is -0.0744. The van der Waals surface area contributed by atoms with E-state index in [9.17, 15) is 9.59 Å². The van der Waals surface area contributed by atoms with Gasteiger partial charge in [-0.05, 0) is 0 Å². The molecule has 0 aromatic carbocycles. The van der Waals surface area contributed by atoms with Crippen molar-refractivity contribution < 1.29 is 24.2 Å². The Morgan fingerprint density at radius 1 is 1.24 bits per heavy atom. The number of thioether (sulfide) groups is 1. The molecule has 0 aliphatic carbocycles. The average Bonchev–Trinajstić information content (AvgIpc) is 2.29. The lowest BCUT2D eigenvalue weighted by atomic mass is 10.4. The minimum Gasteiger partial charge on any atom is -0.480 e. The number of hydrogen-bond acceptors (Lipinski definition) is 5. The van der Waals surface area contributed by atoms with Gasteiger partial charge in [-0.3, -0.25) is 9.59 Å². The van der Waals surface area contributed by atoms with Crippen LogP contribution in [0.15, 0.2) is 0 Å². The van der Waals surface area contributed by atoms with E-state index in [2.05, 4.69) is 0 Å². The molecule has 0 saturated heterocycles. The molecule has 0 aliphatic heterocycles. The summed E-state index contributed by atoms with van der Waals surface area (Å²) in [4.78, 5) is 23.6. The van der Waals surface area contributed by atoms with Crippen LogP contribution in [-0.4, -0.2) is 73.9 Å². The summed E-state index contributed by atoms with van der Waals surface area (Å²) in [5.41, 5.74) is 0. The number of aliphatic carboxylic acids is 1. The summed E-state index contributed by atoms with van der Waals surface area (Å²) in [5.74, 6) is -0.227. The van der Waals surface area contributed by atoms with Crippen LogP contribution in [0.2, 0.25) is 0 Å². The third-order valence-electron chi connectivity index (χ3n) is 1.90. The maximum Gasteiger partial charge on any atom is 0.323 e. The molecule has 17 heavy (non-hydrogen) atoms. The number of methoxy groups -OCH3 is 2. The molecule has 0 bridgehead atoms. The van der Waals surface area contributed by atoms with E-state index in [-0.39, 0.29) is 18.2 Å². The smallest absolute Gasteiger partial charge is 0.323 e. The number of carboxylic acid groups (broad SMARTS) is 1. The second-order valence-electron chi connectivity index (χ2n) is 3.25. The molecular formula is C10H19NO5S. The first-order valence-electron chi connectivity index (χ1n) is 5.17. The Morgan fingerprint density at radius 3 is 2.41 bits per heavy atom. The van der Waals surface area contributed by atoms with Gasteiger partial charge < -0.3 is 19.5 Å². The molecule has 0 aliphatic rings. The number of carbonyl (C=O) groups is 2. The van der Waals surface area contributed by atoms with Crippen LogP contribution < -0.4 is 0 Å². The number of carbonyl (C=O) groups excluding carboxylic acids is 1. The maximum atomic E-state index is 11.7. The van der Waals surface area contributed by atoms with E-state index >= 15 is 0 Å². The standard InChI is InChI=1S/C10H19NO5S/c1-15-4-3-11(7-10(13)14)9(12)8-17-6-5-16-2/h3-8H2,1-2H3,(H,13,14). The van der Waals surface area contributed by atoms with Gasteiger partial charge in [-0.25, -0.2) is 0 Å². The molecule has 0 aromatic rings. The molecule has 0 unspecified atom stereocenters. The molecule has 0 heterocycles. The number of nitrogens with zero attached hydrogens (tertiary/aromatic N) is 1. The molecule has 0 fully saturated rings. The summed E-state index contributed by atoms with van der Waals surface area (Å²) < 4.78 is 9.69. The van der Waals surface area contributed by atoms with Crippen molar-refractivity contribution in [3.8, 4) is 0 Å². The minimum atomic E-state index is -1.02. The molecule has 0 spiro atoms. The summed E-state index contributed by atoms with van der Waals surface area (Å²) in [7, 11) is 3.11. The zero-order valence-corrected chi connectivity index (χ0v) is 11.0. The highest BCUT2D eigenvalue weighted by atomic mass is 32.2. The molecule has 7 heteroatoms. The van der Waals surface area contributed by atoms with Crippen LogP contribution in [-0.2, 0) is 19.1 Å². The Kier molecular flexibility index (Phi) is 9.89. The topological polar surface area (TPSA) is 76.1 Å². The van der Waals surface area contributed by atoms with Crippen molar-refractivity contribution in [1.82, 2.24) is 4.90 Å². The Hall–Kier alpha value is -0.790. The highest BCUT2D eigenvalue weighted by Crippen LogP contribution is 2.02. The van der Waals surface area contributed by atoms with Crippen molar-refractivity contribution in [3.05, 3.63) is 0 Å². The summed E-state index contributed by atoms with van der Waals surface area (Å²) in [5, 5.41) is 8.68. The monoisotopic (exact) mass is 265 g/mol. The largest absolute Gasteiger partial charge is 0.480 e. The van der Waals surface area contributed by atoms with Crippen molar-refractivity contribution in [2.75, 3.05) is 52.0 Å². The van der Waals surface area contributed by atoms with Crippen molar-refractivity contribution in [3.63, 3.8) is 0 Å². The first-order chi connectivity index (χ1) is 8.11. The average molecular weight is 265 g/mol. The van der Waals surface area contributed by atoms with E-state index < -0.39 is 5.97 Å². The molecule has 100 valence electrons. The van der Waals surface area contributed by atoms with Crippen molar-refractivity contribution >= 4 is 23.6 Å². The second-order valence-corrected chi connectivity index (χ2v) is 4.35. The molecule has 1 amide bonds. The highest BCUT2D eigenvalue weighted by molar-refractivity contribution is 7.99. The van der Waals surface area contributed by atoms with Crippen LogP contribution in [0.3, 0.4) is 0 Å². The van der Waals surface area contributed by atoms with E-state index in [0.29, 0.717) is 25.5 Å². The molecule has 0 radical (unpaired) electrons. The van der Waals surface area contributed by atoms with Gasteiger partial charge >= 0.3 is 5.97 Å². The number of hydrogen-bond donors (Lipinski definition) is 1. The van der Waals surface area contributed by atoms with Gasteiger partial charge in [0.2, 0.25) is 5.91 Å². The second kappa shape index (κ2) is 10.4. The van der Waals surface area contributed by atoms with Crippen molar-refractivity contribution in [1.29, 1.82) is 0 Å². The van der Waals surface area contributed by atoms with Crippen molar-refractivity contribution in [2.24, 2.45) is 0 Å². The van der Waals surface area contributed by atoms with E-state index in [0.717, 1.165) is 0 Å². The third-order valence-corrected chi connectivity index (χ3v) is 2.81. The normalized spacial score (nSPS) is 10.2. The van der Waals surface area contributed by atoms with Crippen LogP contribution in [0.1, 0.15) is 0 Å². The van der Waals surface area contributed by atoms with Gasteiger partial charge in [0.1, 0.15) is 6.54 Å². The van der Waals surface area contributed by atoms with Gasteiger partial charge in [0, 0.05) is 26.5 Å². The van der Waals surface area contributed by atoms with Gasteiger partial charge in [-0.15, -0.1) is 11.8 Å². The fourth-order valence-electron chi connectivity index (χ4n) is 1.05. The number of ether oxygens (including phenoxy) is 2. The van der Waals surface area contributed by atoms with Gasteiger partial charge in [0.25, 0.3) is 0 Å². The Labute approximate surface area is 105 Å². The number of rotatable bonds is 10. The van der Waals surface area contributed by atoms with Crippen molar-refractivity contribution in [2.45, 2.75) is 0 Å². The van der Waals surface area contributed by atoms with Gasteiger partial charge in [0.15, 0.2) is 0 Å². The Morgan fingerprint density at radius 2 is 1.88 bits per heavy atom. The quantitative estimate of drug-likeness (QED) is 0.557. The Bertz CT molecular complexity index is 237. The summed E-state index contributed by atoms with van der Waals surface area (Å²) in [6, 6.07) is 0. The summed E-state index contributed by atoms with van der Waals surface area (Å²) in [6.45, 7) is 0.927. The van der Waals surface area contributed by atoms with E-state index in [1.165, 1.54) is 23.8 Å². The third kappa shape index (κ3) is 8.96. The van der Waals surface area contributed by atoms with Gasteiger partial charge in [-0.2, -0.15) is 0 Å². The first kappa shape index (κ1) is 16.2. The molecule has 0 saturated carbocycles. The lowest BCUT2D eigenvalue weighted by molar-refractivity contribution is -0.143. The highest BCUT2D eigenvalue weighted by Gasteiger charge is 2.15. The zero-order chi connectivity index (χ0) is 13.1. The predicted molar refractivity (Wildman–Crippen MR) is 65.3 cm³/mol. The van der Waals surface area contributed by atoms with Crippen LogP contribution in [0.25, 0.3) is 0 Å². The van der Waals surface area contributed by atoms with E-state index in [4.69, 9.17) is 14.6 Å². The Balaban J connectivity index is 3.98. The maximum absolute atomic E-state index is 11.7. The first-order valence-corrected chi connectivity index (χ1v) is 6.32. The fraction of sp³-hybridized carbons (Fsp3) is 0.800. The SMILES string of the molecule is COCCSCC(=O)N(CCOC)CC(=O)O. The molecule has 1 N–H and O–H groups in total. The van der Waals surface area contributed by atoms with Gasteiger partial charge in [-0.1, -0.05) is 0 Å². The lowest BCUT2D eigenvalue weighted by Crippen LogP contribution is -2.39. The molecular weight excluding hydrogens is 246 g/mol. The number of carboxylic acids is 1.